The molecule has 0 aromatic carbocycles. The molecule has 0 bridgehead atoms. The molecular formula is C13H22N2O4S. The van der Waals surface area contributed by atoms with Crippen LogP contribution in [-0.2, 0) is 9.84 Å². The van der Waals surface area contributed by atoms with Crippen molar-refractivity contribution in [2.75, 3.05) is 6.26 Å². The van der Waals surface area contributed by atoms with E-state index in [0.29, 0.717) is 0 Å². The van der Waals surface area contributed by atoms with Crippen molar-refractivity contribution in [3.63, 3.8) is 0 Å². The number of ether oxygens (including phenoxy) is 2. The molecule has 0 saturated heterocycles. The van der Waals surface area contributed by atoms with Crippen molar-refractivity contribution < 1.29 is 17.9 Å². The van der Waals surface area contributed by atoms with Crippen LogP contribution in [0.25, 0.3) is 0 Å². The second-order valence-electron chi connectivity index (χ2n) is 4.77. The van der Waals surface area contributed by atoms with Crippen LogP contribution in [0.4, 0.5) is 0 Å². The monoisotopic (exact) mass is 302 g/mol. The Labute approximate surface area is 120 Å². The molecule has 1 aromatic rings. The maximum atomic E-state index is 11.6. The van der Waals surface area contributed by atoms with Gasteiger partial charge in [0, 0.05) is 6.26 Å². The Morgan fingerprint density at radius 2 is 1.45 bits per heavy atom. The largest absolute Gasteiger partial charge is 0.474 e. The van der Waals surface area contributed by atoms with Gasteiger partial charge < -0.3 is 9.47 Å². The maximum Gasteiger partial charge on any atom is 0.253 e. The van der Waals surface area contributed by atoms with Crippen LogP contribution >= 0.6 is 0 Å². The van der Waals surface area contributed by atoms with Gasteiger partial charge in [0.25, 0.3) is 5.16 Å². The Morgan fingerprint density at radius 1 is 1.05 bits per heavy atom. The number of sulfone groups is 1. The Morgan fingerprint density at radius 3 is 1.75 bits per heavy atom. The van der Waals surface area contributed by atoms with E-state index in [0.717, 1.165) is 19.1 Å². The van der Waals surface area contributed by atoms with Gasteiger partial charge in [-0.2, -0.15) is 9.97 Å². The standard InChI is InChI=1S/C13H22N2O4S/c1-6-9(3)18-11-8-12(19-10(4)7-2)15-13(14-11)20(5,16)17/h8-10H,6-7H2,1-5H3. The quantitative estimate of drug-likeness (QED) is 0.719. The van der Waals surface area contributed by atoms with E-state index in [2.05, 4.69) is 9.97 Å². The lowest BCUT2D eigenvalue weighted by Crippen LogP contribution is -2.16. The summed E-state index contributed by atoms with van der Waals surface area (Å²) in [5.41, 5.74) is 0. The second-order valence-corrected chi connectivity index (χ2v) is 6.68. The maximum absolute atomic E-state index is 11.6. The Hall–Kier alpha value is -1.37. The Balaban J connectivity index is 3.14. The van der Waals surface area contributed by atoms with E-state index < -0.39 is 9.84 Å². The lowest BCUT2D eigenvalue weighted by molar-refractivity contribution is 0.190. The minimum atomic E-state index is -3.52. The summed E-state index contributed by atoms with van der Waals surface area (Å²) in [4.78, 5) is 7.85. The van der Waals surface area contributed by atoms with Gasteiger partial charge in [-0.3, -0.25) is 0 Å². The zero-order valence-electron chi connectivity index (χ0n) is 12.6. The number of hydrogen-bond acceptors (Lipinski definition) is 6. The van der Waals surface area contributed by atoms with Crippen molar-refractivity contribution in [3.8, 4) is 11.8 Å². The highest BCUT2D eigenvalue weighted by molar-refractivity contribution is 7.90. The lowest BCUT2D eigenvalue weighted by atomic mass is 10.3. The van der Waals surface area contributed by atoms with E-state index in [1.165, 1.54) is 6.07 Å². The molecule has 0 saturated carbocycles. The molecule has 0 aliphatic heterocycles. The molecule has 1 rings (SSSR count). The molecule has 0 spiro atoms. The minimum absolute atomic E-state index is 0.0613. The molecule has 0 amide bonds. The van der Waals surface area contributed by atoms with E-state index in [4.69, 9.17) is 9.47 Å². The van der Waals surface area contributed by atoms with Crippen LogP contribution in [0.2, 0.25) is 0 Å². The zero-order chi connectivity index (χ0) is 15.3. The third-order valence-corrected chi connectivity index (χ3v) is 3.63. The summed E-state index contributed by atoms with van der Waals surface area (Å²) < 4.78 is 34.3. The molecule has 0 aliphatic rings. The summed E-state index contributed by atoms with van der Waals surface area (Å²) in [6, 6.07) is 1.52. The summed E-state index contributed by atoms with van der Waals surface area (Å²) >= 11 is 0. The average molecular weight is 302 g/mol. The zero-order valence-corrected chi connectivity index (χ0v) is 13.4. The minimum Gasteiger partial charge on any atom is -0.474 e. The molecule has 0 aliphatic carbocycles. The molecule has 6 nitrogen and oxygen atoms in total. The highest BCUT2D eigenvalue weighted by Gasteiger charge is 2.17. The summed E-state index contributed by atoms with van der Waals surface area (Å²) in [5.74, 6) is 0.432. The van der Waals surface area contributed by atoms with Gasteiger partial charge in [0.15, 0.2) is 0 Å². The molecule has 20 heavy (non-hydrogen) atoms. The predicted octanol–water partition coefficient (Wildman–Crippen LogP) is 2.23. The molecular weight excluding hydrogens is 280 g/mol. The van der Waals surface area contributed by atoms with Crippen molar-refractivity contribution in [2.45, 2.75) is 57.9 Å². The molecule has 2 atom stereocenters. The van der Waals surface area contributed by atoms with Gasteiger partial charge in [-0.25, -0.2) is 8.42 Å². The van der Waals surface area contributed by atoms with Crippen molar-refractivity contribution in [2.24, 2.45) is 0 Å². The first kappa shape index (κ1) is 16.7. The fraction of sp³-hybridized carbons (Fsp3) is 0.692. The molecule has 0 N–H and O–H groups in total. The van der Waals surface area contributed by atoms with E-state index in [9.17, 15) is 8.42 Å². The van der Waals surface area contributed by atoms with E-state index in [1.807, 2.05) is 27.7 Å². The topological polar surface area (TPSA) is 78.4 Å². The molecule has 0 fully saturated rings. The number of rotatable bonds is 7. The van der Waals surface area contributed by atoms with Crippen molar-refractivity contribution in [1.29, 1.82) is 0 Å². The van der Waals surface area contributed by atoms with Gasteiger partial charge >= 0.3 is 0 Å². The predicted molar refractivity (Wildman–Crippen MR) is 75.9 cm³/mol. The number of hydrogen-bond donors (Lipinski definition) is 0. The molecule has 7 heteroatoms. The lowest BCUT2D eigenvalue weighted by Gasteiger charge is -2.15. The second kappa shape index (κ2) is 6.88. The van der Waals surface area contributed by atoms with Gasteiger partial charge in [-0.05, 0) is 26.7 Å². The molecule has 114 valence electrons. The van der Waals surface area contributed by atoms with Crippen LogP contribution in [-0.4, -0.2) is 36.8 Å². The van der Waals surface area contributed by atoms with Crippen LogP contribution in [0.3, 0.4) is 0 Å². The fourth-order valence-corrected chi connectivity index (χ4v) is 1.76. The van der Waals surface area contributed by atoms with Crippen LogP contribution in [0.5, 0.6) is 11.8 Å². The van der Waals surface area contributed by atoms with Gasteiger partial charge in [-0.15, -0.1) is 0 Å². The number of nitrogens with zero attached hydrogens (tertiary/aromatic N) is 2. The van der Waals surface area contributed by atoms with E-state index in [1.54, 1.807) is 0 Å². The van der Waals surface area contributed by atoms with Gasteiger partial charge in [0.2, 0.25) is 21.6 Å². The first-order chi connectivity index (χ1) is 9.26. The highest BCUT2D eigenvalue weighted by Crippen LogP contribution is 2.21. The van der Waals surface area contributed by atoms with Crippen molar-refractivity contribution >= 4 is 9.84 Å². The normalized spacial score (nSPS) is 14.7. The molecule has 1 heterocycles. The van der Waals surface area contributed by atoms with Gasteiger partial charge in [0.05, 0.1) is 18.3 Å². The van der Waals surface area contributed by atoms with Crippen LogP contribution < -0.4 is 9.47 Å². The van der Waals surface area contributed by atoms with E-state index in [-0.39, 0.29) is 29.1 Å². The SMILES string of the molecule is CCC(C)Oc1cc(OC(C)CC)nc(S(C)(=O)=O)n1. The summed E-state index contributed by atoms with van der Waals surface area (Å²) in [7, 11) is -3.52. The smallest absolute Gasteiger partial charge is 0.253 e. The van der Waals surface area contributed by atoms with Crippen molar-refractivity contribution in [3.05, 3.63) is 6.07 Å². The third kappa shape index (κ3) is 4.96. The highest BCUT2D eigenvalue weighted by atomic mass is 32.2. The molecule has 0 radical (unpaired) electrons. The van der Waals surface area contributed by atoms with Gasteiger partial charge in [0.1, 0.15) is 0 Å². The summed E-state index contributed by atoms with van der Waals surface area (Å²) in [5, 5.41) is -0.281. The third-order valence-electron chi connectivity index (χ3n) is 2.78. The van der Waals surface area contributed by atoms with E-state index >= 15 is 0 Å². The Kier molecular flexibility index (Phi) is 5.74. The Bertz CT molecular complexity index is 515. The number of aromatic nitrogens is 2. The van der Waals surface area contributed by atoms with Gasteiger partial charge in [-0.1, -0.05) is 13.8 Å². The molecule has 1 aromatic heterocycles. The fourth-order valence-electron chi connectivity index (χ4n) is 1.25. The average Bonchev–Trinajstić information content (AvgIpc) is 2.37. The van der Waals surface area contributed by atoms with Crippen LogP contribution in [0, 0.1) is 0 Å². The summed E-state index contributed by atoms with van der Waals surface area (Å²) in [6.07, 6.45) is 2.52. The summed E-state index contributed by atoms with van der Waals surface area (Å²) in [6.45, 7) is 7.72. The van der Waals surface area contributed by atoms with Crippen LogP contribution in [0.15, 0.2) is 11.2 Å². The first-order valence-electron chi connectivity index (χ1n) is 6.68. The van der Waals surface area contributed by atoms with Crippen LogP contribution in [0.1, 0.15) is 40.5 Å². The van der Waals surface area contributed by atoms with Crippen molar-refractivity contribution in [1.82, 2.24) is 9.97 Å². The first-order valence-corrected chi connectivity index (χ1v) is 8.57. The molecule has 2 unspecified atom stereocenters.